The van der Waals surface area contributed by atoms with Crippen LogP contribution in [0.3, 0.4) is 0 Å². The van der Waals surface area contributed by atoms with Crippen LogP contribution in [0.25, 0.3) is 0 Å². The lowest BCUT2D eigenvalue weighted by Crippen LogP contribution is -2.17. The second-order valence-electron chi connectivity index (χ2n) is 4.17. The summed E-state index contributed by atoms with van der Waals surface area (Å²) in [5.41, 5.74) is 1.78. The first-order valence-corrected chi connectivity index (χ1v) is 5.56. The second kappa shape index (κ2) is 4.06. The van der Waals surface area contributed by atoms with Crippen LogP contribution in [0.2, 0.25) is 0 Å². The van der Waals surface area contributed by atoms with Gasteiger partial charge in [0.15, 0.2) is 5.71 Å². The van der Waals surface area contributed by atoms with E-state index in [4.69, 9.17) is 0 Å². The van der Waals surface area contributed by atoms with Crippen molar-refractivity contribution in [2.45, 2.75) is 51.4 Å². The Morgan fingerprint density at radius 3 is 1.83 bits per heavy atom. The molecule has 0 aromatic heterocycles. The van der Waals surface area contributed by atoms with Crippen LogP contribution in [-0.4, -0.2) is 23.4 Å². The highest BCUT2D eigenvalue weighted by atomic mass is 15.0. The van der Waals surface area contributed by atoms with E-state index < -0.39 is 0 Å². The van der Waals surface area contributed by atoms with E-state index in [1.165, 1.54) is 64.5 Å². The fraction of sp³-hybridized carbons (Fsp3) is 0.909. The zero-order chi connectivity index (χ0) is 8.23. The molecule has 1 heterocycles. The van der Waals surface area contributed by atoms with Crippen molar-refractivity contribution in [3.63, 3.8) is 0 Å². The lowest BCUT2D eigenvalue weighted by Gasteiger charge is -2.01. The molecule has 1 nitrogen and oxygen atoms in total. The van der Waals surface area contributed by atoms with Crippen molar-refractivity contribution in [1.82, 2.24) is 0 Å². The molecule has 0 spiro atoms. The van der Waals surface area contributed by atoms with Gasteiger partial charge in [0.1, 0.15) is 13.1 Å². The summed E-state index contributed by atoms with van der Waals surface area (Å²) in [6, 6.07) is 0. The molecule has 1 heteroatoms. The van der Waals surface area contributed by atoms with Crippen molar-refractivity contribution < 1.29 is 4.58 Å². The van der Waals surface area contributed by atoms with Crippen LogP contribution in [0.4, 0.5) is 0 Å². The average Bonchev–Trinajstić information content (AvgIpc) is 2.48. The molecule has 1 saturated carbocycles. The topological polar surface area (TPSA) is 3.01 Å². The Kier molecular flexibility index (Phi) is 2.80. The predicted octanol–water partition coefficient (Wildman–Crippen LogP) is 2.59. The molecular formula is C11H20N+. The van der Waals surface area contributed by atoms with Gasteiger partial charge in [-0.2, -0.15) is 0 Å². The Morgan fingerprint density at radius 1 is 0.667 bits per heavy atom. The van der Waals surface area contributed by atoms with Crippen LogP contribution >= 0.6 is 0 Å². The summed E-state index contributed by atoms with van der Waals surface area (Å²) >= 11 is 0. The van der Waals surface area contributed by atoms with Crippen molar-refractivity contribution in [3.05, 3.63) is 0 Å². The van der Waals surface area contributed by atoms with Gasteiger partial charge in [0.25, 0.3) is 0 Å². The number of nitrogens with zero attached hydrogens (tertiary/aromatic N) is 1. The van der Waals surface area contributed by atoms with Crippen molar-refractivity contribution in [1.29, 1.82) is 0 Å². The lowest BCUT2D eigenvalue weighted by molar-refractivity contribution is -0.508. The van der Waals surface area contributed by atoms with E-state index in [1.54, 1.807) is 5.71 Å². The van der Waals surface area contributed by atoms with Gasteiger partial charge in [-0.15, -0.1) is 0 Å². The molecule has 0 bridgehead atoms. The van der Waals surface area contributed by atoms with Crippen LogP contribution in [0.5, 0.6) is 0 Å². The van der Waals surface area contributed by atoms with E-state index in [0.717, 1.165) is 0 Å². The maximum Gasteiger partial charge on any atom is 0.152 e. The molecule has 68 valence electrons. The summed E-state index contributed by atoms with van der Waals surface area (Å²) in [6.45, 7) is 2.71. The molecule has 2 rings (SSSR count). The van der Waals surface area contributed by atoms with E-state index >= 15 is 0 Å². The molecule has 2 fully saturated rings. The Labute approximate surface area is 75.5 Å². The standard InChI is InChI=1S/C11H20N/c1-2-4-8-11(7-3-1)12-9-5-6-10-12/h1-10H2/q+1. The van der Waals surface area contributed by atoms with E-state index in [0.29, 0.717) is 0 Å². The molecule has 12 heavy (non-hydrogen) atoms. The highest BCUT2D eigenvalue weighted by Gasteiger charge is 2.20. The SMILES string of the molecule is C1CCCC(=[N+]2CCCC2)CC1. The van der Waals surface area contributed by atoms with Crippen LogP contribution in [0, 0.1) is 0 Å². The third kappa shape index (κ3) is 1.88. The van der Waals surface area contributed by atoms with Gasteiger partial charge in [0, 0.05) is 25.7 Å². The molecule has 1 saturated heterocycles. The highest BCUT2D eigenvalue weighted by molar-refractivity contribution is 5.79. The molecule has 0 atom stereocenters. The van der Waals surface area contributed by atoms with Gasteiger partial charge in [-0.05, 0) is 12.8 Å². The van der Waals surface area contributed by atoms with Gasteiger partial charge in [0.05, 0.1) is 0 Å². The van der Waals surface area contributed by atoms with Crippen LogP contribution in [0.1, 0.15) is 51.4 Å². The van der Waals surface area contributed by atoms with Gasteiger partial charge < -0.3 is 0 Å². The minimum atomic E-state index is 1.36. The Hall–Kier alpha value is -0.330. The third-order valence-corrected chi connectivity index (χ3v) is 3.23. The maximum atomic E-state index is 2.66. The molecule has 0 aromatic carbocycles. The fourth-order valence-electron chi connectivity index (χ4n) is 2.49. The van der Waals surface area contributed by atoms with Gasteiger partial charge in [-0.1, -0.05) is 12.8 Å². The molecule has 1 aliphatic heterocycles. The predicted molar refractivity (Wildman–Crippen MR) is 51.9 cm³/mol. The summed E-state index contributed by atoms with van der Waals surface area (Å²) < 4.78 is 2.66. The van der Waals surface area contributed by atoms with Crippen LogP contribution < -0.4 is 0 Å². The minimum absolute atomic E-state index is 1.36. The summed E-state index contributed by atoms with van der Waals surface area (Å²) in [6.07, 6.45) is 11.5. The van der Waals surface area contributed by atoms with E-state index in [9.17, 15) is 0 Å². The number of rotatable bonds is 0. The van der Waals surface area contributed by atoms with Gasteiger partial charge in [0.2, 0.25) is 0 Å². The van der Waals surface area contributed by atoms with Crippen molar-refractivity contribution >= 4 is 5.71 Å². The van der Waals surface area contributed by atoms with E-state index in [1.807, 2.05) is 0 Å². The monoisotopic (exact) mass is 166 g/mol. The van der Waals surface area contributed by atoms with Crippen LogP contribution in [0.15, 0.2) is 0 Å². The van der Waals surface area contributed by atoms with Crippen molar-refractivity contribution in [2.75, 3.05) is 13.1 Å². The van der Waals surface area contributed by atoms with Crippen LogP contribution in [-0.2, 0) is 0 Å². The Balaban J connectivity index is 2.03. The van der Waals surface area contributed by atoms with Gasteiger partial charge >= 0.3 is 0 Å². The lowest BCUT2D eigenvalue weighted by atomic mass is 10.1. The molecule has 2 aliphatic rings. The molecule has 0 unspecified atom stereocenters. The Morgan fingerprint density at radius 2 is 1.25 bits per heavy atom. The third-order valence-electron chi connectivity index (χ3n) is 3.23. The molecule has 0 aromatic rings. The number of hydrogen-bond donors (Lipinski definition) is 0. The summed E-state index contributed by atoms with van der Waals surface area (Å²) in [7, 11) is 0. The average molecular weight is 166 g/mol. The maximum absolute atomic E-state index is 2.66. The molecule has 0 radical (unpaired) electrons. The normalized spacial score (nSPS) is 26.0. The summed E-state index contributed by atoms with van der Waals surface area (Å²) in [5, 5.41) is 0. The summed E-state index contributed by atoms with van der Waals surface area (Å²) in [4.78, 5) is 0. The zero-order valence-electron chi connectivity index (χ0n) is 8.02. The first-order chi connectivity index (χ1) is 5.97. The quantitative estimate of drug-likeness (QED) is 0.384. The smallest absolute Gasteiger partial charge is 0.152 e. The first-order valence-electron chi connectivity index (χ1n) is 5.56. The molecule has 0 amide bonds. The van der Waals surface area contributed by atoms with Gasteiger partial charge in [-0.3, -0.25) is 0 Å². The highest BCUT2D eigenvalue weighted by Crippen LogP contribution is 2.16. The molecule has 0 N–H and O–H groups in total. The fourth-order valence-corrected chi connectivity index (χ4v) is 2.49. The van der Waals surface area contributed by atoms with Crippen molar-refractivity contribution in [2.24, 2.45) is 0 Å². The second-order valence-corrected chi connectivity index (χ2v) is 4.17. The van der Waals surface area contributed by atoms with E-state index in [-0.39, 0.29) is 0 Å². The zero-order valence-corrected chi connectivity index (χ0v) is 8.02. The first kappa shape index (κ1) is 8.28. The van der Waals surface area contributed by atoms with Gasteiger partial charge in [-0.25, -0.2) is 4.58 Å². The minimum Gasteiger partial charge on any atom is -0.237 e. The van der Waals surface area contributed by atoms with E-state index in [2.05, 4.69) is 4.58 Å². The largest absolute Gasteiger partial charge is 0.237 e. The Bertz CT molecular complexity index is 163. The van der Waals surface area contributed by atoms with Crippen molar-refractivity contribution in [3.8, 4) is 0 Å². The molecular weight excluding hydrogens is 146 g/mol. The molecule has 1 aliphatic carbocycles. The number of hydrogen-bond acceptors (Lipinski definition) is 0. The summed E-state index contributed by atoms with van der Waals surface area (Å²) in [5.74, 6) is 0.